The zero-order valence-corrected chi connectivity index (χ0v) is 11.2. The Bertz CT molecular complexity index is 499. The third kappa shape index (κ3) is 3.99. The van der Waals surface area contributed by atoms with E-state index in [-0.39, 0.29) is 25.5 Å². The second-order valence-electron chi connectivity index (χ2n) is 4.89. The van der Waals surface area contributed by atoms with Gasteiger partial charge in [-0.05, 0) is 25.0 Å². The average Bonchev–Trinajstić information content (AvgIpc) is 2.96. The molecule has 1 aliphatic rings. The van der Waals surface area contributed by atoms with Gasteiger partial charge in [-0.3, -0.25) is 9.59 Å². The Morgan fingerprint density at radius 3 is 2.81 bits per heavy atom. The maximum absolute atomic E-state index is 12.4. The van der Waals surface area contributed by atoms with Crippen molar-refractivity contribution in [3.8, 4) is 0 Å². The fourth-order valence-corrected chi connectivity index (χ4v) is 2.29. The van der Waals surface area contributed by atoms with E-state index in [2.05, 4.69) is 5.32 Å². The number of carbonyl (C=O) groups excluding carboxylic acids is 2. The van der Waals surface area contributed by atoms with Crippen LogP contribution in [0.1, 0.15) is 18.6 Å². The van der Waals surface area contributed by atoms with Gasteiger partial charge >= 0.3 is 12.1 Å². The number of hydrogen-bond donors (Lipinski definition) is 1. The molecule has 0 radical (unpaired) electrons. The first-order chi connectivity index (χ1) is 9.88. The number of alkyl halides is 3. The highest BCUT2D eigenvalue weighted by molar-refractivity contribution is 5.84. The maximum Gasteiger partial charge on any atom is 0.471 e. The molecule has 1 fully saturated rings. The summed E-state index contributed by atoms with van der Waals surface area (Å²) in [7, 11) is 0. The SMILES string of the molecule is O=C(NCc1ccco1)C1CCCN(C(=O)C(F)(F)F)C1. The quantitative estimate of drug-likeness (QED) is 0.924. The topological polar surface area (TPSA) is 62.6 Å². The number of nitrogens with zero attached hydrogens (tertiary/aromatic N) is 1. The summed E-state index contributed by atoms with van der Waals surface area (Å²) in [6, 6.07) is 3.35. The summed E-state index contributed by atoms with van der Waals surface area (Å²) in [4.78, 5) is 23.8. The molecule has 0 aliphatic carbocycles. The van der Waals surface area contributed by atoms with Gasteiger partial charge in [0.1, 0.15) is 5.76 Å². The third-order valence-electron chi connectivity index (χ3n) is 3.34. The Hall–Kier alpha value is -1.99. The summed E-state index contributed by atoms with van der Waals surface area (Å²) < 4.78 is 42.2. The number of carbonyl (C=O) groups is 2. The van der Waals surface area contributed by atoms with E-state index in [1.54, 1.807) is 12.1 Å². The minimum Gasteiger partial charge on any atom is -0.467 e. The molecular weight excluding hydrogens is 289 g/mol. The van der Waals surface area contributed by atoms with E-state index in [1.807, 2.05) is 0 Å². The van der Waals surface area contributed by atoms with Crippen molar-refractivity contribution in [1.82, 2.24) is 10.2 Å². The van der Waals surface area contributed by atoms with Gasteiger partial charge in [-0.25, -0.2) is 0 Å². The van der Waals surface area contributed by atoms with Gasteiger partial charge in [-0.2, -0.15) is 13.2 Å². The summed E-state index contributed by atoms with van der Waals surface area (Å²) in [6.45, 7) is -0.00180. The van der Waals surface area contributed by atoms with Gasteiger partial charge in [0.15, 0.2) is 0 Å². The summed E-state index contributed by atoms with van der Waals surface area (Å²) in [5.74, 6) is -2.32. The van der Waals surface area contributed by atoms with E-state index in [1.165, 1.54) is 6.26 Å². The predicted molar refractivity (Wildman–Crippen MR) is 65.9 cm³/mol. The van der Waals surface area contributed by atoms with E-state index in [0.717, 1.165) is 0 Å². The van der Waals surface area contributed by atoms with Gasteiger partial charge < -0.3 is 14.6 Å². The van der Waals surface area contributed by atoms with Gasteiger partial charge in [0.2, 0.25) is 5.91 Å². The summed E-state index contributed by atoms with van der Waals surface area (Å²) >= 11 is 0. The van der Waals surface area contributed by atoms with Crippen LogP contribution in [0.25, 0.3) is 0 Å². The summed E-state index contributed by atoms with van der Waals surface area (Å²) in [6.07, 6.45) is -2.59. The first kappa shape index (κ1) is 15.4. The van der Waals surface area contributed by atoms with Crippen LogP contribution in [0.4, 0.5) is 13.2 Å². The molecule has 2 heterocycles. The van der Waals surface area contributed by atoms with Crippen molar-refractivity contribution in [2.75, 3.05) is 13.1 Å². The van der Waals surface area contributed by atoms with Crippen LogP contribution in [0.15, 0.2) is 22.8 Å². The number of rotatable bonds is 3. The Kier molecular flexibility index (Phi) is 4.54. The molecule has 116 valence electrons. The molecule has 1 atom stereocenters. The molecule has 8 heteroatoms. The van der Waals surface area contributed by atoms with E-state index in [4.69, 9.17) is 4.42 Å². The number of nitrogens with one attached hydrogen (secondary N) is 1. The Morgan fingerprint density at radius 1 is 1.43 bits per heavy atom. The Balaban J connectivity index is 1.88. The van der Waals surface area contributed by atoms with Crippen molar-refractivity contribution in [3.63, 3.8) is 0 Å². The zero-order valence-electron chi connectivity index (χ0n) is 11.2. The lowest BCUT2D eigenvalue weighted by atomic mass is 9.97. The molecule has 21 heavy (non-hydrogen) atoms. The van der Waals surface area contributed by atoms with Crippen molar-refractivity contribution in [3.05, 3.63) is 24.2 Å². The minimum atomic E-state index is -4.90. The van der Waals surface area contributed by atoms with E-state index < -0.39 is 18.0 Å². The third-order valence-corrected chi connectivity index (χ3v) is 3.34. The van der Waals surface area contributed by atoms with E-state index in [9.17, 15) is 22.8 Å². The second kappa shape index (κ2) is 6.19. The highest BCUT2D eigenvalue weighted by Gasteiger charge is 2.44. The van der Waals surface area contributed by atoms with Crippen LogP contribution in [-0.4, -0.2) is 36.0 Å². The highest BCUT2D eigenvalue weighted by atomic mass is 19.4. The molecule has 1 unspecified atom stereocenters. The van der Waals surface area contributed by atoms with Crippen LogP contribution >= 0.6 is 0 Å². The number of furan rings is 1. The number of piperidine rings is 1. The molecule has 1 N–H and O–H groups in total. The lowest BCUT2D eigenvalue weighted by Crippen LogP contribution is -2.49. The molecule has 1 aromatic heterocycles. The van der Waals surface area contributed by atoms with Crippen molar-refractivity contribution in [2.24, 2.45) is 5.92 Å². The van der Waals surface area contributed by atoms with Crippen LogP contribution < -0.4 is 5.32 Å². The van der Waals surface area contributed by atoms with Crippen LogP contribution in [-0.2, 0) is 16.1 Å². The Morgan fingerprint density at radius 2 is 2.19 bits per heavy atom. The zero-order chi connectivity index (χ0) is 15.5. The van der Waals surface area contributed by atoms with Crippen molar-refractivity contribution < 1.29 is 27.2 Å². The lowest BCUT2D eigenvalue weighted by Gasteiger charge is -2.32. The first-order valence-corrected chi connectivity index (χ1v) is 6.54. The smallest absolute Gasteiger partial charge is 0.467 e. The molecule has 0 spiro atoms. The summed E-state index contributed by atoms with van der Waals surface area (Å²) in [5.41, 5.74) is 0. The molecule has 2 rings (SSSR count). The molecule has 1 aromatic rings. The second-order valence-corrected chi connectivity index (χ2v) is 4.89. The van der Waals surface area contributed by atoms with Crippen LogP contribution in [0.2, 0.25) is 0 Å². The molecule has 0 bridgehead atoms. The maximum atomic E-state index is 12.4. The molecule has 2 amide bonds. The number of hydrogen-bond acceptors (Lipinski definition) is 3. The van der Waals surface area contributed by atoms with Gasteiger partial charge in [0.25, 0.3) is 0 Å². The van der Waals surface area contributed by atoms with Crippen molar-refractivity contribution in [1.29, 1.82) is 0 Å². The number of amides is 2. The summed E-state index contributed by atoms with van der Waals surface area (Å²) in [5, 5.41) is 2.60. The fourth-order valence-electron chi connectivity index (χ4n) is 2.29. The molecule has 0 saturated carbocycles. The van der Waals surface area contributed by atoms with Gasteiger partial charge in [-0.15, -0.1) is 0 Å². The largest absolute Gasteiger partial charge is 0.471 e. The highest BCUT2D eigenvalue weighted by Crippen LogP contribution is 2.24. The van der Waals surface area contributed by atoms with Gasteiger partial charge in [0.05, 0.1) is 18.7 Å². The number of halogens is 3. The van der Waals surface area contributed by atoms with Crippen molar-refractivity contribution in [2.45, 2.75) is 25.6 Å². The van der Waals surface area contributed by atoms with Gasteiger partial charge in [0, 0.05) is 13.1 Å². The van der Waals surface area contributed by atoms with Crippen LogP contribution in [0.5, 0.6) is 0 Å². The van der Waals surface area contributed by atoms with Crippen LogP contribution in [0, 0.1) is 5.92 Å². The van der Waals surface area contributed by atoms with Gasteiger partial charge in [-0.1, -0.05) is 0 Å². The molecule has 1 aliphatic heterocycles. The minimum absolute atomic E-state index is 0.0281. The first-order valence-electron chi connectivity index (χ1n) is 6.54. The Labute approximate surface area is 119 Å². The lowest BCUT2D eigenvalue weighted by molar-refractivity contribution is -0.187. The van der Waals surface area contributed by atoms with E-state index in [0.29, 0.717) is 23.5 Å². The number of likely N-dealkylation sites (tertiary alicyclic amines) is 1. The van der Waals surface area contributed by atoms with E-state index >= 15 is 0 Å². The fraction of sp³-hybridized carbons (Fsp3) is 0.538. The standard InChI is InChI=1S/C13H15F3N2O3/c14-13(15,16)12(20)18-5-1-3-9(8-18)11(19)17-7-10-4-2-6-21-10/h2,4,6,9H,1,3,5,7-8H2,(H,17,19). The molecule has 1 saturated heterocycles. The monoisotopic (exact) mass is 304 g/mol. The normalized spacial score (nSPS) is 19.4. The molecule has 5 nitrogen and oxygen atoms in total. The predicted octanol–water partition coefficient (Wildman–Crippen LogP) is 1.70. The molecule has 0 aromatic carbocycles. The van der Waals surface area contributed by atoms with Crippen LogP contribution in [0.3, 0.4) is 0 Å². The molecular formula is C13H15F3N2O3. The van der Waals surface area contributed by atoms with Crippen molar-refractivity contribution >= 4 is 11.8 Å². The average molecular weight is 304 g/mol.